The van der Waals surface area contributed by atoms with Crippen LogP contribution in [0, 0.1) is 0 Å². The molecule has 1 aromatic heterocycles. The van der Waals surface area contributed by atoms with Crippen LogP contribution >= 0.6 is 0 Å². The van der Waals surface area contributed by atoms with Gasteiger partial charge in [-0.15, -0.1) is 0 Å². The van der Waals surface area contributed by atoms with Gasteiger partial charge in [-0.2, -0.15) is 13.2 Å². The molecule has 1 heterocycles. The Morgan fingerprint density at radius 3 is 2.68 bits per heavy atom. The lowest BCUT2D eigenvalue weighted by molar-refractivity contribution is -0.161. The molecule has 1 amide bonds. The quantitative estimate of drug-likeness (QED) is 0.765. The van der Waals surface area contributed by atoms with E-state index in [4.69, 9.17) is 4.42 Å². The maximum atomic E-state index is 12.4. The molecule has 1 rings (SSSR count). The molecule has 19 heavy (non-hydrogen) atoms. The predicted molar refractivity (Wildman–Crippen MR) is 64.6 cm³/mol. The van der Waals surface area contributed by atoms with Gasteiger partial charge >= 0.3 is 6.18 Å². The van der Waals surface area contributed by atoms with Crippen molar-refractivity contribution in [3.8, 4) is 0 Å². The number of carbonyl (C=O) groups is 1. The topological polar surface area (TPSA) is 33.5 Å². The summed E-state index contributed by atoms with van der Waals surface area (Å²) in [7, 11) is 0. The fourth-order valence-corrected chi connectivity index (χ4v) is 1.70. The molecule has 0 radical (unpaired) electrons. The lowest BCUT2D eigenvalue weighted by atomic mass is 10.2. The first-order chi connectivity index (χ1) is 8.92. The van der Waals surface area contributed by atoms with E-state index in [1.807, 2.05) is 6.92 Å². The van der Waals surface area contributed by atoms with Crippen molar-refractivity contribution >= 4 is 5.91 Å². The van der Waals surface area contributed by atoms with E-state index in [-0.39, 0.29) is 13.0 Å². The van der Waals surface area contributed by atoms with Crippen LogP contribution in [0.1, 0.15) is 31.9 Å². The number of nitrogens with zero attached hydrogens (tertiary/aromatic N) is 1. The maximum absolute atomic E-state index is 12.4. The van der Waals surface area contributed by atoms with E-state index >= 15 is 0 Å². The predicted octanol–water partition coefficient (Wildman–Crippen LogP) is 3.40. The van der Waals surface area contributed by atoms with Crippen LogP contribution in [0.3, 0.4) is 0 Å². The molecule has 3 nitrogen and oxygen atoms in total. The Labute approximate surface area is 110 Å². The highest BCUT2D eigenvalue weighted by Gasteiger charge is 2.32. The smallest absolute Gasteiger partial charge is 0.406 e. The molecule has 108 valence electrons. The normalized spacial score (nSPS) is 11.6. The second kappa shape index (κ2) is 7.21. The summed E-state index contributed by atoms with van der Waals surface area (Å²) in [6.45, 7) is 0.843. The van der Waals surface area contributed by atoms with Gasteiger partial charge in [0.1, 0.15) is 12.3 Å². The third-order valence-corrected chi connectivity index (χ3v) is 2.67. The monoisotopic (exact) mass is 277 g/mol. The summed E-state index contributed by atoms with van der Waals surface area (Å²) in [5.41, 5.74) is 0. The van der Waals surface area contributed by atoms with Crippen molar-refractivity contribution in [2.24, 2.45) is 0 Å². The van der Waals surface area contributed by atoms with Crippen molar-refractivity contribution < 1.29 is 22.4 Å². The summed E-state index contributed by atoms with van der Waals surface area (Å²) < 4.78 is 42.2. The number of rotatable bonds is 7. The Bertz CT molecular complexity index is 374. The number of furan rings is 1. The van der Waals surface area contributed by atoms with Gasteiger partial charge in [0.25, 0.3) is 0 Å². The Morgan fingerprint density at radius 2 is 2.16 bits per heavy atom. The van der Waals surface area contributed by atoms with Crippen molar-refractivity contribution in [3.63, 3.8) is 0 Å². The van der Waals surface area contributed by atoms with E-state index in [2.05, 4.69) is 0 Å². The molecule has 0 aliphatic carbocycles. The molecule has 0 fully saturated rings. The van der Waals surface area contributed by atoms with E-state index in [0.29, 0.717) is 18.6 Å². The third-order valence-electron chi connectivity index (χ3n) is 2.67. The molecule has 0 unspecified atom stereocenters. The van der Waals surface area contributed by atoms with Crippen molar-refractivity contribution in [2.45, 2.75) is 38.8 Å². The zero-order valence-electron chi connectivity index (χ0n) is 10.9. The van der Waals surface area contributed by atoms with Crippen molar-refractivity contribution in [3.05, 3.63) is 24.2 Å². The number of carbonyl (C=O) groups excluding carboxylic acids is 1. The lowest BCUT2D eigenvalue weighted by Gasteiger charge is -2.23. The molecule has 0 spiro atoms. The minimum absolute atomic E-state index is 0.0350. The second-order valence-electron chi connectivity index (χ2n) is 4.36. The standard InChI is InChI=1S/C13H18F3NO2/c1-2-3-8-17(10-13(14,15)16)12(18)7-6-11-5-4-9-19-11/h4-5,9H,2-3,6-8,10H2,1H3. The van der Waals surface area contributed by atoms with Crippen molar-refractivity contribution in [1.29, 1.82) is 0 Å². The van der Waals surface area contributed by atoms with Gasteiger partial charge in [-0.3, -0.25) is 4.79 Å². The number of hydrogen-bond acceptors (Lipinski definition) is 2. The van der Waals surface area contributed by atoms with E-state index in [0.717, 1.165) is 11.3 Å². The van der Waals surface area contributed by atoms with Gasteiger partial charge in [0.05, 0.1) is 6.26 Å². The number of unbranched alkanes of at least 4 members (excludes halogenated alkanes) is 1. The van der Waals surface area contributed by atoms with Crippen LogP contribution in [0.2, 0.25) is 0 Å². The van der Waals surface area contributed by atoms with E-state index < -0.39 is 18.6 Å². The summed E-state index contributed by atoms with van der Waals surface area (Å²) in [5, 5.41) is 0. The Morgan fingerprint density at radius 1 is 1.42 bits per heavy atom. The Hall–Kier alpha value is -1.46. The first-order valence-electron chi connectivity index (χ1n) is 6.29. The second-order valence-corrected chi connectivity index (χ2v) is 4.36. The summed E-state index contributed by atoms with van der Waals surface area (Å²) in [4.78, 5) is 12.7. The van der Waals surface area contributed by atoms with E-state index in [1.165, 1.54) is 6.26 Å². The van der Waals surface area contributed by atoms with Gasteiger partial charge in [-0.25, -0.2) is 0 Å². The zero-order chi connectivity index (χ0) is 14.3. The summed E-state index contributed by atoms with van der Waals surface area (Å²) in [5.74, 6) is 0.123. The number of amides is 1. The first-order valence-corrected chi connectivity index (χ1v) is 6.29. The summed E-state index contributed by atoms with van der Waals surface area (Å²) in [6.07, 6.45) is -1.19. The first kappa shape index (κ1) is 15.6. The fourth-order valence-electron chi connectivity index (χ4n) is 1.70. The molecule has 0 aromatic carbocycles. The largest absolute Gasteiger partial charge is 0.469 e. The van der Waals surface area contributed by atoms with Crippen molar-refractivity contribution in [2.75, 3.05) is 13.1 Å². The minimum Gasteiger partial charge on any atom is -0.469 e. The van der Waals surface area contributed by atoms with Crippen LogP contribution < -0.4 is 0 Å². The average Bonchev–Trinajstić information content (AvgIpc) is 2.83. The van der Waals surface area contributed by atoms with Crippen LogP contribution in [0.5, 0.6) is 0 Å². The van der Waals surface area contributed by atoms with Crippen molar-refractivity contribution in [1.82, 2.24) is 4.90 Å². The minimum atomic E-state index is -4.35. The van der Waals surface area contributed by atoms with Crippen LogP contribution in [0.15, 0.2) is 22.8 Å². The number of alkyl halides is 3. The highest BCUT2D eigenvalue weighted by molar-refractivity contribution is 5.76. The van der Waals surface area contributed by atoms with Crippen LogP contribution in [-0.2, 0) is 11.2 Å². The van der Waals surface area contributed by atoms with Gasteiger partial charge in [0, 0.05) is 19.4 Å². The molecule has 0 saturated heterocycles. The Kier molecular flexibility index (Phi) is 5.92. The molecule has 6 heteroatoms. The van der Waals surface area contributed by atoms with Crippen LogP contribution in [0.4, 0.5) is 13.2 Å². The number of halogens is 3. The van der Waals surface area contributed by atoms with Gasteiger partial charge < -0.3 is 9.32 Å². The van der Waals surface area contributed by atoms with E-state index in [9.17, 15) is 18.0 Å². The molecule has 0 saturated carbocycles. The molecule has 0 atom stereocenters. The maximum Gasteiger partial charge on any atom is 0.406 e. The molecule has 0 aliphatic rings. The summed E-state index contributed by atoms with van der Waals surface area (Å²) >= 11 is 0. The van der Waals surface area contributed by atoms with Gasteiger partial charge in [0.2, 0.25) is 5.91 Å². The summed E-state index contributed by atoms with van der Waals surface area (Å²) in [6, 6.07) is 3.39. The fraction of sp³-hybridized carbons (Fsp3) is 0.615. The number of aryl methyl sites for hydroxylation is 1. The third kappa shape index (κ3) is 6.31. The molecule has 1 aromatic rings. The molecule has 0 bridgehead atoms. The molecule has 0 aliphatic heterocycles. The Balaban J connectivity index is 2.50. The van der Waals surface area contributed by atoms with Gasteiger partial charge in [0.15, 0.2) is 0 Å². The zero-order valence-corrected chi connectivity index (χ0v) is 10.9. The molecular weight excluding hydrogens is 259 g/mol. The number of hydrogen-bond donors (Lipinski definition) is 0. The highest BCUT2D eigenvalue weighted by Crippen LogP contribution is 2.18. The lowest BCUT2D eigenvalue weighted by Crippen LogP contribution is -2.39. The highest BCUT2D eigenvalue weighted by atomic mass is 19.4. The van der Waals surface area contributed by atoms with Crippen LogP contribution in [-0.4, -0.2) is 30.1 Å². The molecule has 0 N–H and O–H groups in total. The average molecular weight is 277 g/mol. The van der Waals surface area contributed by atoms with Gasteiger partial charge in [-0.05, 0) is 18.6 Å². The van der Waals surface area contributed by atoms with Crippen LogP contribution in [0.25, 0.3) is 0 Å². The van der Waals surface area contributed by atoms with Gasteiger partial charge in [-0.1, -0.05) is 13.3 Å². The SMILES string of the molecule is CCCCN(CC(F)(F)F)C(=O)CCc1ccco1. The van der Waals surface area contributed by atoms with E-state index in [1.54, 1.807) is 12.1 Å². The molecular formula is C13H18F3NO2.